The molecule has 0 aromatic heterocycles. The maximum Gasteiger partial charge on any atom is 0.115 e. The molecule has 49 valence electrons. The quantitative estimate of drug-likeness (QED) is 0.497. The average Bonchev–Trinajstić information content (AvgIpc) is 1.88. The maximum atomic E-state index is 8.89. The monoisotopic (exact) mass is 165 g/mol. The van der Waals surface area contributed by atoms with E-state index >= 15 is 0 Å². The minimum absolute atomic E-state index is 0. The number of hydrogen-bond donors (Lipinski definition) is 1. The van der Waals surface area contributed by atoms with Crippen LogP contribution in [-0.4, -0.2) is 34.7 Å². The van der Waals surface area contributed by atoms with Gasteiger partial charge in [-0.3, -0.25) is 0 Å². The van der Waals surface area contributed by atoms with Gasteiger partial charge in [0.2, 0.25) is 0 Å². The summed E-state index contributed by atoms with van der Waals surface area (Å²) in [6.45, 7) is 0. The molecule has 0 aliphatic rings. The summed E-state index contributed by atoms with van der Waals surface area (Å²) in [7, 11) is 0. The smallest absolute Gasteiger partial charge is 0.115 e. The van der Waals surface area contributed by atoms with Gasteiger partial charge in [-0.25, -0.2) is 0 Å². The second-order valence-corrected chi connectivity index (χ2v) is 2.07. The molecule has 10 heavy (non-hydrogen) atoms. The Morgan fingerprint density at radius 1 is 1.40 bits per heavy atom. The van der Waals surface area contributed by atoms with Gasteiger partial charge in [-0.15, -0.1) is 11.6 Å². The molecule has 0 unspecified atom stereocenters. The average molecular weight is 166 g/mol. The van der Waals surface area contributed by atoms with E-state index in [1.165, 1.54) is 0 Å². The largest absolute Gasteiger partial charge is 0.508 e. The summed E-state index contributed by atoms with van der Waals surface area (Å²) in [6.07, 6.45) is 0. The summed E-state index contributed by atoms with van der Waals surface area (Å²) in [5, 5.41) is 8.89. The van der Waals surface area contributed by atoms with E-state index in [0.717, 1.165) is 5.56 Å². The van der Waals surface area contributed by atoms with Crippen LogP contribution in [0.2, 0.25) is 0 Å². The van der Waals surface area contributed by atoms with Crippen LogP contribution in [0.25, 0.3) is 0 Å². The van der Waals surface area contributed by atoms with Crippen LogP contribution in [0, 0.1) is 0 Å². The Morgan fingerprint density at radius 3 is 2.50 bits per heavy atom. The fourth-order valence-electron chi connectivity index (χ4n) is 0.640. The van der Waals surface area contributed by atoms with Crippen molar-refractivity contribution in [2.45, 2.75) is 5.88 Å². The van der Waals surface area contributed by atoms with Crippen molar-refractivity contribution >= 4 is 41.2 Å². The summed E-state index contributed by atoms with van der Waals surface area (Å²) >= 11 is 5.49. The standard InChI is InChI=1S/C7H7ClO.Na/c8-5-6-2-1-3-7(9)4-6;/h1-4,9H,5H2;. The molecular formula is C7H7ClNaO. The molecule has 0 spiro atoms. The summed E-state index contributed by atoms with van der Waals surface area (Å²) in [6, 6.07) is 6.91. The van der Waals surface area contributed by atoms with Crippen molar-refractivity contribution in [1.29, 1.82) is 0 Å². The van der Waals surface area contributed by atoms with Gasteiger partial charge in [-0.2, -0.15) is 0 Å². The van der Waals surface area contributed by atoms with Crippen LogP contribution in [0.5, 0.6) is 5.75 Å². The molecule has 0 fully saturated rings. The van der Waals surface area contributed by atoms with Crippen molar-refractivity contribution in [3.63, 3.8) is 0 Å². The molecule has 1 nitrogen and oxygen atoms in total. The van der Waals surface area contributed by atoms with Crippen molar-refractivity contribution in [3.05, 3.63) is 29.8 Å². The SMILES string of the molecule is Oc1cccc(CCl)c1.[Na]. The van der Waals surface area contributed by atoms with Gasteiger partial charge in [0.1, 0.15) is 5.75 Å². The summed E-state index contributed by atoms with van der Waals surface area (Å²) in [5.74, 6) is 0.724. The molecule has 1 rings (SSSR count). The number of phenolic OH excluding ortho intramolecular Hbond substituents is 1. The number of hydrogen-bond acceptors (Lipinski definition) is 1. The topological polar surface area (TPSA) is 20.2 Å². The van der Waals surface area contributed by atoms with Crippen LogP contribution in [0.3, 0.4) is 0 Å². The van der Waals surface area contributed by atoms with Crippen LogP contribution < -0.4 is 0 Å². The number of rotatable bonds is 1. The van der Waals surface area contributed by atoms with Crippen LogP contribution in [-0.2, 0) is 5.88 Å². The fraction of sp³-hybridized carbons (Fsp3) is 0.143. The zero-order chi connectivity index (χ0) is 6.69. The van der Waals surface area contributed by atoms with Gasteiger partial charge in [0.15, 0.2) is 0 Å². The van der Waals surface area contributed by atoms with Gasteiger partial charge in [0.25, 0.3) is 0 Å². The van der Waals surface area contributed by atoms with Gasteiger partial charge in [-0.1, -0.05) is 12.1 Å². The molecule has 1 aromatic carbocycles. The minimum Gasteiger partial charge on any atom is -0.508 e. The van der Waals surface area contributed by atoms with Gasteiger partial charge in [0.05, 0.1) is 0 Å². The Balaban J connectivity index is 0.000000810. The second-order valence-electron chi connectivity index (χ2n) is 1.80. The molecule has 1 N–H and O–H groups in total. The zero-order valence-corrected chi connectivity index (χ0v) is 8.60. The second kappa shape index (κ2) is 5.03. The van der Waals surface area contributed by atoms with E-state index in [2.05, 4.69) is 0 Å². The first-order valence-electron chi connectivity index (χ1n) is 2.67. The molecule has 0 heterocycles. The fourth-order valence-corrected chi connectivity index (χ4v) is 0.806. The first-order valence-corrected chi connectivity index (χ1v) is 3.20. The zero-order valence-electron chi connectivity index (χ0n) is 5.84. The molecule has 0 bridgehead atoms. The van der Waals surface area contributed by atoms with Crippen molar-refractivity contribution in [1.82, 2.24) is 0 Å². The van der Waals surface area contributed by atoms with E-state index < -0.39 is 0 Å². The third kappa shape index (κ3) is 2.93. The van der Waals surface area contributed by atoms with E-state index in [1.54, 1.807) is 18.2 Å². The molecule has 1 radical (unpaired) electrons. The molecular weight excluding hydrogens is 159 g/mol. The Kier molecular flexibility index (Phi) is 5.18. The number of benzene rings is 1. The summed E-state index contributed by atoms with van der Waals surface area (Å²) < 4.78 is 0. The van der Waals surface area contributed by atoms with E-state index in [4.69, 9.17) is 16.7 Å². The maximum absolute atomic E-state index is 8.89. The van der Waals surface area contributed by atoms with Crippen LogP contribution >= 0.6 is 11.6 Å². The summed E-state index contributed by atoms with van der Waals surface area (Å²) in [5.41, 5.74) is 0.941. The Bertz CT molecular complexity index is 203. The van der Waals surface area contributed by atoms with Crippen molar-refractivity contribution in [2.75, 3.05) is 0 Å². The van der Waals surface area contributed by atoms with Gasteiger partial charge >= 0.3 is 0 Å². The van der Waals surface area contributed by atoms with Crippen molar-refractivity contribution in [3.8, 4) is 5.75 Å². The minimum atomic E-state index is 0. The Hall–Kier alpha value is 0.310. The molecule has 0 atom stereocenters. The summed E-state index contributed by atoms with van der Waals surface area (Å²) in [4.78, 5) is 0. The number of aromatic hydroxyl groups is 1. The Morgan fingerprint density at radius 2 is 2.10 bits per heavy atom. The van der Waals surface area contributed by atoms with Gasteiger partial charge in [0, 0.05) is 35.4 Å². The van der Waals surface area contributed by atoms with Gasteiger partial charge < -0.3 is 5.11 Å². The number of phenols is 1. The molecule has 0 saturated carbocycles. The van der Waals surface area contributed by atoms with Crippen LogP contribution in [0.15, 0.2) is 24.3 Å². The molecule has 0 amide bonds. The van der Waals surface area contributed by atoms with Crippen LogP contribution in [0.4, 0.5) is 0 Å². The molecule has 1 aromatic rings. The molecule has 0 aliphatic carbocycles. The molecule has 0 aliphatic heterocycles. The predicted molar refractivity (Wildman–Crippen MR) is 43.4 cm³/mol. The molecule has 0 saturated heterocycles. The third-order valence-electron chi connectivity index (χ3n) is 1.06. The van der Waals surface area contributed by atoms with Crippen molar-refractivity contribution in [2.24, 2.45) is 0 Å². The predicted octanol–water partition coefficient (Wildman–Crippen LogP) is 1.75. The number of alkyl halides is 1. The van der Waals surface area contributed by atoms with Crippen LogP contribution in [0.1, 0.15) is 5.56 Å². The van der Waals surface area contributed by atoms with E-state index in [9.17, 15) is 0 Å². The normalized spacial score (nSPS) is 8.50. The van der Waals surface area contributed by atoms with E-state index in [1.807, 2.05) is 6.07 Å². The first kappa shape index (κ1) is 10.3. The van der Waals surface area contributed by atoms with E-state index in [0.29, 0.717) is 5.88 Å². The first-order chi connectivity index (χ1) is 4.33. The molecule has 3 heteroatoms. The van der Waals surface area contributed by atoms with E-state index in [-0.39, 0.29) is 35.3 Å². The Labute approximate surface area is 87.3 Å². The number of halogens is 1. The van der Waals surface area contributed by atoms with Gasteiger partial charge in [-0.05, 0) is 17.7 Å². The van der Waals surface area contributed by atoms with Crippen molar-refractivity contribution < 1.29 is 5.11 Å². The third-order valence-corrected chi connectivity index (χ3v) is 1.37.